The van der Waals surface area contributed by atoms with Crippen molar-refractivity contribution < 1.29 is 9.53 Å². The lowest BCUT2D eigenvalue weighted by Gasteiger charge is -2.26. The van der Waals surface area contributed by atoms with Crippen LogP contribution in [-0.2, 0) is 13.0 Å². The van der Waals surface area contributed by atoms with E-state index in [9.17, 15) is 4.79 Å². The van der Waals surface area contributed by atoms with Crippen molar-refractivity contribution in [2.45, 2.75) is 38.3 Å². The van der Waals surface area contributed by atoms with Crippen molar-refractivity contribution in [2.24, 2.45) is 0 Å². The van der Waals surface area contributed by atoms with E-state index in [4.69, 9.17) is 4.74 Å². The molecule has 2 heterocycles. The predicted octanol–water partition coefficient (Wildman–Crippen LogP) is 4.05. The highest BCUT2D eigenvalue weighted by Gasteiger charge is 2.31. The summed E-state index contributed by atoms with van der Waals surface area (Å²) in [6, 6.07) is 14.8. The molecule has 2 aliphatic rings. The molecule has 27 heavy (non-hydrogen) atoms. The zero-order chi connectivity index (χ0) is 18.8. The summed E-state index contributed by atoms with van der Waals surface area (Å²) in [7, 11) is 4.16. The van der Waals surface area contributed by atoms with Gasteiger partial charge in [-0.1, -0.05) is 24.3 Å². The summed E-state index contributed by atoms with van der Waals surface area (Å²) in [6.45, 7) is 2.54. The Morgan fingerprint density at radius 3 is 2.74 bits per heavy atom. The van der Waals surface area contributed by atoms with Gasteiger partial charge in [-0.05, 0) is 74.7 Å². The average Bonchev–Trinajstić information content (AvgIpc) is 3.17. The SMILES string of the molecule is CN(C)Cc1ccc(C2CCCN2C(=O)c2ccc3c(c2)CCCO3)cc1. The monoisotopic (exact) mass is 364 g/mol. The van der Waals surface area contributed by atoms with Gasteiger partial charge in [0.05, 0.1) is 12.6 Å². The first-order valence-corrected chi connectivity index (χ1v) is 9.92. The normalized spacial score (nSPS) is 19.1. The molecule has 2 aromatic carbocycles. The Bertz CT molecular complexity index is 814. The fraction of sp³-hybridized carbons (Fsp3) is 0.435. The van der Waals surface area contributed by atoms with Gasteiger partial charge in [-0.25, -0.2) is 0 Å². The van der Waals surface area contributed by atoms with Gasteiger partial charge in [0.25, 0.3) is 5.91 Å². The summed E-state index contributed by atoms with van der Waals surface area (Å²) in [5.41, 5.74) is 4.49. The molecule has 0 spiro atoms. The molecular weight excluding hydrogens is 336 g/mol. The van der Waals surface area contributed by atoms with Crippen LogP contribution in [0.15, 0.2) is 42.5 Å². The number of rotatable bonds is 4. The van der Waals surface area contributed by atoms with Gasteiger partial charge < -0.3 is 14.5 Å². The Kier molecular flexibility index (Phi) is 5.17. The third kappa shape index (κ3) is 3.86. The maximum atomic E-state index is 13.2. The highest BCUT2D eigenvalue weighted by Crippen LogP contribution is 2.34. The number of aryl methyl sites for hydroxylation is 1. The van der Waals surface area contributed by atoms with Crippen LogP contribution in [0.5, 0.6) is 5.75 Å². The van der Waals surface area contributed by atoms with Crippen LogP contribution in [0.4, 0.5) is 0 Å². The predicted molar refractivity (Wildman–Crippen MR) is 107 cm³/mol. The van der Waals surface area contributed by atoms with Crippen molar-refractivity contribution in [2.75, 3.05) is 27.2 Å². The van der Waals surface area contributed by atoms with E-state index in [0.29, 0.717) is 0 Å². The van der Waals surface area contributed by atoms with Crippen LogP contribution in [0.1, 0.15) is 52.4 Å². The number of ether oxygens (including phenoxy) is 1. The Morgan fingerprint density at radius 2 is 1.96 bits per heavy atom. The molecule has 1 atom stereocenters. The minimum atomic E-state index is 0.142. The number of fused-ring (bicyclic) bond motifs is 1. The van der Waals surface area contributed by atoms with Crippen LogP contribution < -0.4 is 4.74 Å². The smallest absolute Gasteiger partial charge is 0.254 e. The highest BCUT2D eigenvalue weighted by atomic mass is 16.5. The molecule has 4 rings (SSSR count). The van der Waals surface area contributed by atoms with Crippen LogP contribution in [-0.4, -0.2) is 43.0 Å². The first-order chi connectivity index (χ1) is 13.1. The van der Waals surface area contributed by atoms with Crippen molar-refractivity contribution in [1.82, 2.24) is 9.80 Å². The van der Waals surface area contributed by atoms with Crippen molar-refractivity contribution in [3.63, 3.8) is 0 Å². The topological polar surface area (TPSA) is 32.8 Å². The zero-order valence-electron chi connectivity index (χ0n) is 16.3. The van der Waals surface area contributed by atoms with E-state index >= 15 is 0 Å². The third-order valence-electron chi connectivity index (χ3n) is 5.53. The second-order valence-corrected chi connectivity index (χ2v) is 7.91. The molecular formula is C23H28N2O2. The van der Waals surface area contributed by atoms with E-state index in [-0.39, 0.29) is 11.9 Å². The van der Waals surface area contributed by atoms with Crippen LogP contribution in [0.2, 0.25) is 0 Å². The number of nitrogens with zero attached hydrogens (tertiary/aromatic N) is 2. The lowest BCUT2D eigenvalue weighted by molar-refractivity contribution is 0.0735. The summed E-state index contributed by atoms with van der Waals surface area (Å²) in [5, 5.41) is 0. The number of benzene rings is 2. The molecule has 0 radical (unpaired) electrons. The molecule has 4 heteroatoms. The Balaban J connectivity index is 1.53. The van der Waals surface area contributed by atoms with Crippen molar-refractivity contribution in [3.05, 3.63) is 64.7 Å². The van der Waals surface area contributed by atoms with Gasteiger partial charge in [-0.2, -0.15) is 0 Å². The summed E-state index contributed by atoms with van der Waals surface area (Å²) in [4.78, 5) is 17.4. The second-order valence-electron chi connectivity index (χ2n) is 7.91. The maximum absolute atomic E-state index is 13.2. The Morgan fingerprint density at radius 1 is 1.15 bits per heavy atom. The van der Waals surface area contributed by atoms with Crippen molar-refractivity contribution in [3.8, 4) is 5.75 Å². The highest BCUT2D eigenvalue weighted by molar-refractivity contribution is 5.95. The standard InChI is InChI=1S/C23H28N2O2/c1-24(2)16-17-7-9-18(10-8-17)21-6-3-13-25(21)23(26)20-11-12-22-19(15-20)5-4-14-27-22/h7-12,15,21H,3-6,13-14,16H2,1-2H3. The minimum absolute atomic E-state index is 0.142. The van der Waals surface area contributed by atoms with E-state index < -0.39 is 0 Å². The van der Waals surface area contributed by atoms with Crippen LogP contribution >= 0.6 is 0 Å². The largest absolute Gasteiger partial charge is 0.493 e. The maximum Gasteiger partial charge on any atom is 0.254 e. The van der Waals surface area contributed by atoms with E-state index in [0.717, 1.165) is 62.3 Å². The minimum Gasteiger partial charge on any atom is -0.493 e. The molecule has 0 N–H and O–H groups in total. The van der Waals surface area contributed by atoms with Crippen LogP contribution in [0.25, 0.3) is 0 Å². The molecule has 4 nitrogen and oxygen atoms in total. The molecule has 1 fully saturated rings. The van der Waals surface area contributed by atoms with Crippen molar-refractivity contribution >= 4 is 5.91 Å². The van der Waals surface area contributed by atoms with Crippen LogP contribution in [0.3, 0.4) is 0 Å². The van der Waals surface area contributed by atoms with E-state index in [1.165, 1.54) is 11.1 Å². The summed E-state index contributed by atoms with van der Waals surface area (Å²) in [5.74, 6) is 1.08. The number of carbonyl (C=O) groups is 1. The third-order valence-corrected chi connectivity index (χ3v) is 5.53. The van der Waals surface area contributed by atoms with Gasteiger partial charge in [0.2, 0.25) is 0 Å². The fourth-order valence-corrected chi connectivity index (χ4v) is 4.23. The molecule has 0 aromatic heterocycles. The van der Waals surface area contributed by atoms with Gasteiger partial charge in [0, 0.05) is 18.7 Å². The molecule has 142 valence electrons. The van der Waals surface area contributed by atoms with Crippen LogP contribution in [0, 0.1) is 0 Å². The summed E-state index contributed by atoms with van der Waals surface area (Å²) < 4.78 is 5.68. The average molecular weight is 364 g/mol. The number of hydrogen-bond acceptors (Lipinski definition) is 3. The van der Waals surface area contributed by atoms with Gasteiger partial charge in [-0.15, -0.1) is 0 Å². The molecule has 0 saturated carbocycles. The first-order valence-electron chi connectivity index (χ1n) is 9.92. The number of likely N-dealkylation sites (tertiary alicyclic amines) is 1. The lowest BCUT2D eigenvalue weighted by Crippen LogP contribution is -2.30. The molecule has 2 aliphatic heterocycles. The molecule has 0 aliphatic carbocycles. The first kappa shape index (κ1) is 18.1. The van der Waals surface area contributed by atoms with E-state index in [2.05, 4.69) is 43.3 Å². The van der Waals surface area contributed by atoms with E-state index in [1.54, 1.807) is 0 Å². The fourth-order valence-electron chi connectivity index (χ4n) is 4.23. The molecule has 0 bridgehead atoms. The van der Waals surface area contributed by atoms with Gasteiger partial charge in [-0.3, -0.25) is 4.79 Å². The quantitative estimate of drug-likeness (QED) is 0.820. The second kappa shape index (κ2) is 7.73. The molecule has 1 amide bonds. The van der Waals surface area contributed by atoms with Gasteiger partial charge in [0.1, 0.15) is 5.75 Å². The lowest BCUT2D eigenvalue weighted by atomic mass is 10.0. The van der Waals surface area contributed by atoms with Gasteiger partial charge >= 0.3 is 0 Å². The summed E-state index contributed by atoms with van der Waals surface area (Å²) in [6.07, 6.45) is 4.11. The number of amides is 1. The van der Waals surface area contributed by atoms with Crippen molar-refractivity contribution in [1.29, 1.82) is 0 Å². The molecule has 1 unspecified atom stereocenters. The molecule has 1 saturated heterocycles. The Labute approximate surface area is 161 Å². The van der Waals surface area contributed by atoms with E-state index in [1.807, 2.05) is 23.1 Å². The number of carbonyl (C=O) groups excluding carboxylic acids is 1. The number of hydrogen-bond donors (Lipinski definition) is 0. The summed E-state index contributed by atoms with van der Waals surface area (Å²) >= 11 is 0. The van der Waals surface area contributed by atoms with Gasteiger partial charge in [0.15, 0.2) is 0 Å². The zero-order valence-corrected chi connectivity index (χ0v) is 16.3. The Hall–Kier alpha value is -2.33. The molecule has 2 aromatic rings.